The zero-order valence-electron chi connectivity index (χ0n) is 12.2. The van der Waals surface area contributed by atoms with Gasteiger partial charge in [-0.25, -0.2) is 4.98 Å². The molecule has 0 saturated carbocycles. The van der Waals surface area contributed by atoms with Crippen molar-refractivity contribution in [3.63, 3.8) is 0 Å². The number of aryl methyl sites for hydroxylation is 1. The highest BCUT2D eigenvalue weighted by atomic mass is 16.5. The summed E-state index contributed by atoms with van der Waals surface area (Å²) in [6.07, 6.45) is 2.70. The van der Waals surface area contributed by atoms with Gasteiger partial charge in [0, 0.05) is 12.6 Å². The fourth-order valence-corrected chi connectivity index (χ4v) is 2.49. The van der Waals surface area contributed by atoms with Crippen molar-refractivity contribution in [3.05, 3.63) is 65.1 Å². The van der Waals surface area contributed by atoms with E-state index in [0.29, 0.717) is 6.42 Å². The summed E-state index contributed by atoms with van der Waals surface area (Å²) in [7, 11) is 1.66. The molecule has 0 amide bonds. The monoisotopic (exact) mass is 282 g/mol. The number of hydrogen-bond donors (Lipinski definition) is 1. The first-order valence-electron chi connectivity index (χ1n) is 6.91. The second kappa shape index (κ2) is 5.58. The molecule has 1 aromatic carbocycles. The number of nitrogens with zero attached hydrogens (tertiary/aromatic N) is 2. The van der Waals surface area contributed by atoms with E-state index < -0.39 is 0 Å². The van der Waals surface area contributed by atoms with Crippen molar-refractivity contribution >= 4 is 5.65 Å². The van der Waals surface area contributed by atoms with Crippen LogP contribution in [-0.2, 0) is 13.0 Å². The molecule has 4 nitrogen and oxygen atoms in total. The standard InChI is InChI=1S/C17H18N2O2/c1-12-3-8-17-18-15(16(11-20)19(17)10-12)9-13-4-6-14(21-2)7-5-13/h3-8,10,20H,9,11H2,1-2H3. The van der Waals surface area contributed by atoms with Crippen molar-refractivity contribution in [1.82, 2.24) is 9.38 Å². The molecule has 3 rings (SSSR count). The maximum atomic E-state index is 9.68. The number of pyridine rings is 1. The van der Waals surface area contributed by atoms with E-state index in [1.807, 2.05) is 53.9 Å². The normalized spacial score (nSPS) is 11.0. The molecule has 0 unspecified atom stereocenters. The van der Waals surface area contributed by atoms with Crippen LogP contribution in [0.4, 0.5) is 0 Å². The van der Waals surface area contributed by atoms with Gasteiger partial charge < -0.3 is 14.2 Å². The van der Waals surface area contributed by atoms with E-state index in [2.05, 4.69) is 4.98 Å². The number of aliphatic hydroxyl groups is 1. The predicted octanol–water partition coefficient (Wildman–Crippen LogP) is 2.73. The highest BCUT2D eigenvalue weighted by Gasteiger charge is 2.12. The molecule has 0 spiro atoms. The van der Waals surface area contributed by atoms with Gasteiger partial charge >= 0.3 is 0 Å². The summed E-state index contributed by atoms with van der Waals surface area (Å²) in [5.74, 6) is 0.840. The van der Waals surface area contributed by atoms with Crippen LogP contribution in [0.1, 0.15) is 22.5 Å². The van der Waals surface area contributed by atoms with E-state index in [4.69, 9.17) is 4.74 Å². The molecule has 2 aromatic heterocycles. The molecule has 0 radical (unpaired) electrons. The minimum atomic E-state index is -0.0177. The average Bonchev–Trinajstić information content (AvgIpc) is 2.84. The first-order chi connectivity index (χ1) is 10.2. The van der Waals surface area contributed by atoms with E-state index in [9.17, 15) is 5.11 Å². The number of aromatic nitrogens is 2. The number of rotatable bonds is 4. The van der Waals surface area contributed by atoms with Gasteiger partial charge in [-0.1, -0.05) is 18.2 Å². The van der Waals surface area contributed by atoms with E-state index >= 15 is 0 Å². The summed E-state index contributed by atoms with van der Waals surface area (Å²) in [5.41, 5.74) is 4.92. The van der Waals surface area contributed by atoms with Gasteiger partial charge in [-0.05, 0) is 36.2 Å². The summed E-state index contributed by atoms with van der Waals surface area (Å²) in [6, 6.07) is 11.9. The fraction of sp³-hybridized carbons (Fsp3) is 0.235. The van der Waals surface area contributed by atoms with E-state index in [1.165, 1.54) is 0 Å². The first-order valence-corrected chi connectivity index (χ1v) is 6.91. The lowest BCUT2D eigenvalue weighted by Crippen LogP contribution is -1.98. The minimum Gasteiger partial charge on any atom is -0.497 e. The second-order valence-electron chi connectivity index (χ2n) is 5.12. The molecule has 0 bridgehead atoms. The molecule has 0 aliphatic heterocycles. The van der Waals surface area contributed by atoms with Crippen molar-refractivity contribution in [2.75, 3.05) is 7.11 Å². The number of fused-ring (bicyclic) bond motifs is 1. The third kappa shape index (κ3) is 2.62. The summed E-state index contributed by atoms with van der Waals surface area (Å²) in [5, 5.41) is 9.68. The van der Waals surface area contributed by atoms with Crippen molar-refractivity contribution in [1.29, 1.82) is 0 Å². The van der Waals surface area contributed by atoms with Crippen LogP contribution in [0, 0.1) is 6.92 Å². The van der Waals surface area contributed by atoms with Gasteiger partial charge in [0.1, 0.15) is 11.4 Å². The Bertz CT molecular complexity index is 760. The molecule has 0 aliphatic rings. The molecular formula is C17H18N2O2. The molecule has 1 N–H and O–H groups in total. The molecule has 2 heterocycles. The van der Waals surface area contributed by atoms with E-state index in [1.54, 1.807) is 7.11 Å². The first kappa shape index (κ1) is 13.6. The summed E-state index contributed by atoms with van der Waals surface area (Å²) >= 11 is 0. The van der Waals surface area contributed by atoms with Crippen LogP contribution in [0.2, 0.25) is 0 Å². The van der Waals surface area contributed by atoms with E-state index in [0.717, 1.165) is 33.9 Å². The number of ether oxygens (including phenoxy) is 1. The Hall–Kier alpha value is -2.33. The van der Waals surface area contributed by atoms with E-state index in [-0.39, 0.29) is 6.61 Å². The summed E-state index contributed by atoms with van der Waals surface area (Å²) in [6.45, 7) is 2.01. The van der Waals surface area contributed by atoms with Gasteiger partial charge in [-0.15, -0.1) is 0 Å². The highest BCUT2D eigenvalue weighted by Crippen LogP contribution is 2.19. The van der Waals surface area contributed by atoms with Gasteiger partial charge in [0.25, 0.3) is 0 Å². The fourth-order valence-electron chi connectivity index (χ4n) is 2.49. The Morgan fingerprint density at radius 2 is 1.90 bits per heavy atom. The maximum absolute atomic E-state index is 9.68. The number of aliphatic hydroxyl groups excluding tert-OH is 1. The second-order valence-corrected chi connectivity index (χ2v) is 5.12. The maximum Gasteiger partial charge on any atom is 0.137 e. The summed E-state index contributed by atoms with van der Waals surface area (Å²) in [4.78, 5) is 4.63. The Morgan fingerprint density at radius 3 is 2.57 bits per heavy atom. The largest absolute Gasteiger partial charge is 0.497 e. The van der Waals surface area contributed by atoms with Crippen LogP contribution in [0.25, 0.3) is 5.65 Å². The topological polar surface area (TPSA) is 46.8 Å². The third-order valence-electron chi connectivity index (χ3n) is 3.63. The van der Waals surface area contributed by atoms with Crippen molar-refractivity contribution in [3.8, 4) is 5.75 Å². The van der Waals surface area contributed by atoms with Gasteiger partial charge in [0.2, 0.25) is 0 Å². The van der Waals surface area contributed by atoms with Crippen molar-refractivity contribution in [2.45, 2.75) is 20.0 Å². The van der Waals surface area contributed by atoms with Gasteiger partial charge in [0.05, 0.1) is 25.1 Å². The number of imidazole rings is 1. The SMILES string of the molecule is COc1ccc(Cc2nc3ccc(C)cn3c2CO)cc1. The van der Waals surface area contributed by atoms with Crippen LogP contribution < -0.4 is 4.74 Å². The van der Waals surface area contributed by atoms with Crippen molar-refractivity contribution < 1.29 is 9.84 Å². The lowest BCUT2D eigenvalue weighted by Gasteiger charge is -2.04. The van der Waals surface area contributed by atoms with Crippen LogP contribution in [0.5, 0.6) is 5.75 Å². The van der Waals surface area contributed by atoms with Crippen LogP contribution in [-0.4, -0.2) is 21.6 Å². The summed E-state index contributed by atoms with van der Waals surface area (Å²) < 4.78 is 7.13. The quantitative estimate of drug-likeness (QED) is 0.800. The third-order valence-corrected chi connectivity index (χ3v) is 3.63. The lowest BCUT2D eigenvalue weighted by molar-refractivity contribution is 0.274. The highest BCUT2D eigenvalue weighted by molar-refractivity contribution is 5.45. The molecule has 0 saturated heterocycles. The van der Waals surface area contributed by atoms with Crippen LogP contribution in [0.3, 0.4) is 0 Å². The van der Waals surface area contributed by atoms with Crippen LogP contribution in [0.15, 0.2) is 42.6 Å². The molecule has 21 heavy (non-hydrogen) atoms. The predicted molar refractivity (Wildman–Crippen MR) is 81.7 cm³/mol. The van der Waals surface area contributed by atoms with Gasteiger partial charge in [-0.3, -0.25) is 0 Å². The number of methoxy groups -OCH3 is 1. The molecular weight excluding hydrogens is 264 g/mol. The number of benzene rings is 1. The zero-order valence-corrected chi connectivity index (χ0v) is 12.2. The molecule has 108 valence electrons. The van der Waals surface area contributed by atoms with Crippen molar-refractivity contribution in [2.24, 2.45) is 0 Å². The van der Waals surface area contributed by atoms with Gasteiger partial charge in [0.15, 0.2) is 0 Å². The number of hydrogen-bond acceptors (Lipinski definition) is 3. The minimum absolute atomic E-state index is 0.0177. The molecule has 4 heteroatoms. The molecule has 0 atom stereocenters. The lowest BCUT2D eigenvalue weighted by atomic mass is 10.1. The Morgan fingerprint density at radius 1 is 1.14 bits per heavy atom. The molecule has 0 aliphatic carbocycles. The average molecular weight is 282 g/mol. The molecule has 3 aromatic rings. The molecule has 0 fully saturated rings. The Balaban J connectivity index is 1.99. The van der Waals surface area contributed by atoms with Gasteiger partial charge in [-0.2, -0.15) is 0 Å². The van der Waals surface area contributed by atoms with Crippen LogP contribution >= 0.6 is 0 Å². The zero-order chi connectivity index (χ0) is 14.8. The Kier molecular flexibility index (Phi) is 3.62. The Labute approximate surface area is 123 Å². The smallest absolute Gasteiger partial charge is 0.137 e.